The van der Waals surface area contributed by atoms with Gasteiger partial charge in [-0.05, 0) is 57.8 Å². The molecule has 2 amide bonds. The molecular weight excluding hydrogens is 564 g/mol. The number of allylic oxidation sites excluding steroid dienone is 2. The molecule has 0 bridgehead atoms. The molecule has 248 valence electrons. The molecule has 0 aromatic carbocycles. The van der Waals surface area contributed by atoms with E-state index in [2.05, 4.69) is 54.5 Å². The van der Waals surface area contributed by atoms with Crippen LogP contribution < -0.4 is 21.3 Å². The maximum Gasteiger partial charge on any atom is 0.245 e. The van der Waals surface area contributed by atoms with Crippen LogP contribution in [0, 0.1) is 0 Å². The van der Waals surface area contributed by atoms with E-state index in [1.807, 2.05) is 20.8 Å². The van der Waals surface area contributed by atoms with E-state index in [1.54, 1.807) is 11.8 Å². The molecule has 0 aliphatic heterocycles. The Morgan fingerprint density at radius 1 is 0.814 bits per heavy atom. The summed E-state index contributed by atoms with van der Waals surface area (Å²) in [6.45, 7) is 27.4. The van der Waals surface area contributed by atoms with E-state index in [0.29, 0.717) is 52.3 Å². The van der Waals surface area contributed by atoms with Gasteiger partial charge in [-0.3, -0.25) is 9.59 Å². The van der Waals surface area contributed by atoms with Gasteiger partial charge in [0, 0.05) is 37.4 Å². The molecule has 0 spiro atoms. The van der Waals surface area contributed by atoms with Crippen LogP contribution >= 0.6 is 11.8 Å². The van der Waals surface area contributed by atoms with E-state index in [-0.39, 0.29) is 28.9 Å². The molecule has 0 aromatic rings. The lowest BCUT2D eigenvalue weighted by molar-refractivity contribution is -0.126. The number of ether oxygens (including phenoxy) is 2. The number of carbonyl (C=O) groups excluding carboxylic acids is 2. The minimum atomic E-state index is -0.430. The van der Waals surface area contributed by atoms with Crippen molar-refractivity contribution < 1.29 is 24.2 Å². The average Bonchev–Trinajstić information content (AvgIpc) is 2.92. The topological polar surface area (TPSA) is 121 Å². The number of nitrogens with one attached hydrogen (secondary N) is 4. The van der Waals surface area contributed by atoms with Crippen molar-refractivity contribution in [1.82, 2.24) is 21.3 Å². The van der Waals surface area contributed by atoms with Gasteiger partial charge in [0.1, 0.15) is 12.4 Å². The van der Waals surface area contributed by atoms with Crippen LogP contribution in [-0.2, 0) is 19.1 Å². The quantitative estimate of drug-likeness (QED) is 0.0518. The molecule has 0 saturated heterocycles. The summed E-state index contributed by atoms with van der Waals surface area (Å²) in [5.41, 5.74) is 1.77. The summed E-state index contributed by atoms with van der Waals surface area (Å²) in [5, 5.41) is 22.3. The van der Waals surface area contributed by atoms with Gasteiger partial charge in [-0.15, -0.1) is 11.8 Å². The van der Waals surface area contributed by atoms with Gasteiger partial charge < -0.3 is 35.8 Å². The number of hydrogen-bond donors (Lipinski definition) is 5. The fraction of sp³-hybridized carbons (Fsp3) is 0.697. The van der Waals surface area contributed by atoms with Gasteiger partial charge in [-0.2, -0.15) is 0 Å². The van der Waals surface area contributed by atoms with E-state index < -0.39 is 6.04 Å². The number of rotatable bonds is 29. The number of carbonyl (C=O) groups is 2. The second-order valence-corrected chi connectivity index (χ2v) is 13.2. The first kappa shape index (κ1) is 40.6. The molecule has 0 heterocycles. The number of hydrogen-bond acceptors (Lipinski definition) is 8. The van der Waals surface area contributed by atoms with Crippen molar-refractivity contribution in [3.63, 3.8) is 0 Å². The van der Waals surface area contributed by atoms with Crippen LogP contribution in [-0.4, -0.2) is 73.8 Å². The van der Waals surface area contributed by atoms with Crippen molar-refractivity contribution in [2.24, 2.45) is 0 Å². The highest BCUT2D eigenvalue weighted by Gasteiger charge is 2.26. The van der Waals surface area contributed by atoms with Crippen molar-refractivity contribution in [2.75, 3.05) is 46.1 Å². The van der Waals surface area contributed by atoms with Crippen molar-refractivity contribution in [3.05, 3.63) is 48.4 Å². The van der Waals surface area contributed by atoms with E-state index >= 15 is 0 Å². The molecule has 1 atom stereocenters. The van der Waals surface area contributed by atoms with Crippen LogP contribution in [0.5, 0.6) is 0 Å². The molecule has 0 aromatic heterocycles. The fourth-order valence-corrected chi connectivity index (χ4v) is 5.07. The second kappa shape index (κ2) is 25.0. The van der Waals surface area contributed by atoms with Crippen LogP contribution in [0.25, 0.3) is 0 Å². The highest BCUT2D eigenvalue weighted by molar-refractivity contribution is 8.04. The van der Waals surface area contributed by atoms with Gasteiger partial charge in [-0.1, -0.05) is 58.9 Å². The Labute approximate surface area is 265 Å². The first-order valence-corrected chi connectivity index (χ1v) is 16.5. The summed E-state index contributed by atoms with van der Waals surface area (Å²) in [7, 11) is 0. The predicted octanol–water partition coefficient (Wildman–Crippen LogP) is 5.87. The Bertz CT molecular complexity index is 862. The maximum atomic E-state index is 12.3. The van der Waals surface area contributed by atoms with Crippen LogP contribution in [0.1, 0.15) is 91.9 Å². The van der Waals surface area contributed by atoms with Gasteiger partial charge >= 0.3 is 0 Å². The molecule has 43 heavy (non-hydrogen) atoms. The molecule has 0 radical (unpaired) electrons. The van der Waals surface area contributed by atoms with Crippen LogP contribution in [0.4, 0.5) is 0 Å². The summed E-state index contributed by atoms with van der Waals surface area (Å²) < 4.78 is 10.5. The first-order chi connectivity index (χ1) is 20.4. The molecule has 0 aliphatic carbocycles. The Kier molecular flexibility index (Phi) is 23.5. The summed E-state index contributed by atoms with van der Waals surface area (Å²) in [6.07, 6.45) is 8.98. The Balaban J connectivity index is 3.76. The third kappa shape index (κ3) is 23.7. The lowest BCUT2D eigenvalue weighted by atomic mass is 10.1. The lowest BCUT2D eigenvalue weighted by Gasteiger charge is -2.31. The zero-order valence-corrected chi connectivity index (χ0v) is 28.2. The SMILES string of the molecule is C=C(CCCCCCCNC(=O)CCC(NC(=C)C(C)(C)SC(=C)C)C(=C)O)NCCOCCOCC(=O)NCCCC. The highest BCUT2D eigenvalue weighted by Crippen LogP contribution is 2.35. The smallest absolute Gasteiger partial charge is 0.245 e. The van der Waals surface area contributed by atoms with Gasteiger partial charge in [0.05, 0.1) is 30.6 Å². The fourth-order valence-electron chi connectivity index (χ4n) is 4.02. The van der Waals surface area contributed by atoms with Crippen molar-refractivity contribution in [3.8, 4) is 0 Å². The van der Waals surface area contributed by atoms with Crippen LogP contribution in [0.2, 0.25) is 0 Å². The van der Waals surface area contributed by atoms with Crippen molar-refractivity contribution in [1.29, 1.82) is 0 Å². The van der Waals surface area contributed by atoms with Crippen molar-refractivity contribution >= 4 is 23.6 Å². The lowest BCUT2D eigenvalue weighted by Crippen LogP contribution is -2.38. The van der Waals surface area contributed by atoms with E-state index in [4.69, 9.17) is 9.47 Å². The zero-order chi connectivity index (χ0) is 32.5. The molecule has 0 rings (SSSR count). The zero-order valence-electron chi connectivity index (χ0n) is 27.4. The van der Waals surface area contributed by atoms with Gasteiger partial charge in [0.15, 0.2) is 0 Å². The Morgan fingerprint density at radius 3 is 2.12 bits per heavy atom. The van der Waals surface area contributed by atoms with Crippen LogP contribution in [0.3, 0.4) is 0 Å². The number of unbranched alkanes of at least 4 members (excludes halogenated alkanes) is 5. The van der Waals surface area contributed by atoms with Crippen molar-refractivity contribution in [2.45, 2.75) is 103 Å². The number of thioether (sulfide) groups is 1. The predicted molar refractivity (Wildman–Crippen MR) is 181 cm³/mol. The molecule has 5 N–H and O–H groups in total. The third-order valence-electron chi connectivity index (χ3n) is 6.62. The maximum absolute atomic E-state index is 12.3. The van der Waals surface area contributed by atoms with Gasteiger partial charge in [-0.25, -0.2) is 0 Å². The summed E-state index contributed by atoms with van der Waals surface area (Å²) in [4.78, 5) is 24.8. The molecule has 0 saturated carbocycles. The summed E-state index contributed by atoms with van der Waals surface area (Å²) >= 11 is 1.60. The molecular formula is C33H60N4O5S. The first-order valence-electron chi connectivity index (χ1n) is 15.7. The normalized spacial score (nSPS) is 11.8. The largest absolute Gasteiger partial charge is 0.511 e. The average molecular weight is 625 g/mol. The summed E-state index contributed by atoms with van der Waals surface area (Å²) in [6, 6.07) is -0.430. The van der Waals surface area contributed by atoms with Crippen LogP contribution in [0.15, 0.2) is 48.4 Å². The van der Waals surface area contributed by atoms with E-state index in [0.717, 1.165) is 67.7 Å². The molecule has 0 aliphatic rings. The van der Waals surface area contributed by atoms with E-state index in [9.17, 15) is 14.7 Å². The second-order valence-electron chi connectivity index (χ2n) is 11.3. The Hall–Kier alpha value is -2.43. The standard InChI is InChI=1S/C33H60N4O5S/c1-9-10-19-36-32(40)25-42-24-23-41-22-21-34-27(4)16-14-12-11-13-15-20-35-31(39)18-17-30(28(5)38)37-29(6)33(7,8)43-26(2)3/h30,34,37-38H,2,4-6,9-25H2,1,3,7-8H3,(H,35,39)(H,36,40). The highest BCUT2D eigenvalue weighted by atomic mass is 32.2. The number of aliphatic hydroxyl groups excluding tert-OH is 1. The molecule has 9 nitrogen and oxygen atoms in total. The van der Waals surface area contributed by atoms with Gasteiger partial charge in [0.25, 0.3) is 0 Å². The number of amides is 2. The monoisotopic (exact) mass is 624 g/mol. The minimum Gasteiger partial charge on any atom is -0.511 e. The Morgan fingerprint density at radius 2 is 1.44 bits per heavy atom. The molecule has 10 heteroatoms. The van der Waals surface area contributed by atoms with Gasteiger partial charge in [0.2, 0.25) is 11.8 Å². The van der Waals surface area contributed by atoms with E-state index in [1.165, 1.54) is 0 Å². The minimum absolute atomic E-state index is 0.00161. The summed E-state index contributed by atoms with van der Waals surface area (Å²) in [5.74, 6) is -0.115. The molecule has 0 fully saturated rings. The molecule has 1 unspecified atom stereocenters. The third-order valence-corrected chi connectivity index (χ3v) is 7.73. The number of aliphatic hydroxyl groups is 1.